The summed E-state index contributed by atoms with van der Waals surface area (Å²) in [4.78, 5) is 27.3. The third-order valence-electron chi connectivity index (χ3n) is 5.22. The number of hydrogen-bond acceptors (Lipinski definition) is 5. The molecule has 0 aliphatic rings. The van der Waals surface area contributed by atoms with Crippen molar-refractivity contribution in [1.29, 1.82) is 0 Å². The van der Waals surface area contributed by atoms with Crippen molar-refractivity contribution >= 4 is 22.7 Å². The minimum absolute atomic E-state index is 0.0101. The monoisotopic (exact) mass is 454 g/mol. The normalized spacial score (nSPS) is 12.0. The van der Waals surface area contributed by atoms with E-state index in [0.717, 1.165) is 28.6 Å². The van der Waals surface area contributed by atoms with Gasteiger partial charge >= 0.3 is 0 Å². The molecule has 2 heterocycles. The molecule has 11 heteroatoms. The summed E-state index contributed by atoms with van der Waals surface area (Å²) < 4.78 is 27.9. The van der Waals surface area contributed by atoms with Crippen molar-refractivity contribution in [3.8, 4) is 0 Å². The number of carbonyl (C=O) groups excluding carboxylic acids is 2. The van der Waals surface area contributed by atoms with E-state index in [4.69, 9.17) is 5.21 Å². The minimum Gasteiger partial charge on any atom is -0.361 e. The maximum atomic E-state index is 13.3. The van der Waals surface area contributed by atoms with Gasteiger partial charge in [0.15, 0.2) is 11.6 Å². The van der Waals surface area contributed by atoms with Crippen LogP contribution in [-0.4, -0.2) is 37.0 Å². The van der Waals surface area contributed by atoms with Crippen molar-refractivity contribution in [2.75, 3.05) is 0 Å². The fourth-order valence-corrected chi connectivity index (χ4v) is 3.56. The fourth-order valence-electron chi connectivity index (χ4n) is 3.56. The number of rotatable bonds is 8. The third kappa shape index (κ3) is 5.04. The molecule has 4 aromatic rings. The lowest BCUT2D eigenvalue weighted by atomic mass is 10.0. The molecule has 33 heavy (non-hydrogen) atoms. The van der Waals surface area contributed by atoms with Crippen LogP contribution < -0.4 is 10.8 Å². The van der Waals surface area contributed by atoms with Crippen LogP contribution in [0.4, 0.5) is 8.78 Å². The van der Waals surface area contributed by atoms with Crippen molar-refractivity contribution in [1.82, 2.24) is 30.8 Å². The second kappa shape index (κ2) is 9.57. The lowest BCUT2D eigenvalue weighted by Crippen LogP contribution is -2.25. The van der Waals surface area contributed by atoms with Crippen LogP contribution in [0.1, 0.15) is 34.1 Å². The first-order valence-electron chi connectivity index (χ1n) is 10.1. The second-order valence-electron chi connectivity index (χ2n) is 7.46. The summed E-state index contributed by atoms with van der Waals surface area (Å²) in [7, 11) is 0. The topological polar surface area (TPSA) is 125 Å². The van der Waals surface area contributed by atoms with Gasteiger partial charge in [-0.05, 0) is 36.2 Å². The lowest BCUT2D eigenvalue weighted by molar-refractivity contribution is -0.130. The van der Waals surface area contributed by atoms with E-state index in [1.807, 2.05) is 30.5 Å². The number of H-pyrrole nitrogens is 1. The number of para-hydroxylation sites is 1. The molecular weight excluding hydrogens is 434 g/mol. The van der Waals surface area contributed by atoms with Gasteiger partial charge in [0.2, 0.25) is 5.91 Å². The number of nitrogens with one attached hydrogen (secondary N) is 3. The lowest BCUT2D eigenvalue weighted by Gasteiger charge is -2.15. The van der Waals surface area contributed by atoms with E-state index in [1.54, 1.807) is 11.7 Å². The van der Waals surface area contributed by atoms with Crippen molar-refractivity contribution in [2.45, 2.75) is 25.4 Å². The first kappa shape index (κ1) is 22.1. The number of hydroxylamine groups is 1. The van der Waals surface area contributed by atoms with E-state index in [9.17, 15) is 18.4 Å². The van der Waals surface area contributed by atoms with Crippen molar-refractivity contribution in [3.63, 3.8) is 0 Å². The summed E-state index contributed by atoms with van der Waals surface area (Å²) in [5.74, 6) is -3.33. The number of halogens is 2. The Morgan fingerprint density at radius 1 is 1.15 bits per heavy atom. The average molecular weight is 454 g/mol. The van der Waals surface area contributed by atoms with Gasteiger partial charge in [0, 0.05) is 22.7 Å². The number of hydrogen-bond donors (Lipinski definition) is 4. The largest absolute Gasteiger partial charge is 0.361 e. The second-order valence-corrected chi connectivity index (χ2v) is 7.46. The van der Waals surface area contributed by atoms with Gasteiger partial charge in [0.25, 0.3) is 5.91 Å². The molecule has 0 aliphatic heterocycles. The highest BCUT2D eigenvalue weighted by atomic mass is 19.2. The zero-order chi connectivity index (χ0) is 23.4. The summed E-state index contributed by atoms with van der Waals surface area (Å²) in [5, 5.41) is 20.6. The summed E-state index contributed by atoms with van der Waals surface area (Å²) in [6, 6.07) is 10.1. The molecule has 0 spiro atoms. The molecule has 2 amide bonds. The van der Waals surface area contributed by atoms with E-state index < -0.39 is 29.5 Å². The standard InChI is InChI=1S/C22H20F2N6O3/c23-18-6-5-13(8-19(18)24)22(32)26-11-15-12-30(29-27-15)16(9-21(31)28-33)7-14-10-25-20-4-2-1-3-17(14)20/h1-6,8,10,12,16,25,33H,7,9,11H2,(H,26,32)(H,28,31)/t16-/m1/s1. The van der Waals surface area contributed by atoms with Gasteiger partial charge in [-0.25, -0.2) is 18.9 Å². The van der Waals surface area contributed by atoms with E-state index in [0.29, 0.717) is 12.1 Å². The number of carbonyl (C=O) groups is 2. The zero-order valence-electron chi connectivity index (χ0n) is 17.3. The number of nitrogens with zero attached hydrogens (tertiary/aromatic N) is 3. The van der Waals surface area contributed by atoms with Gasteiger partial charge in [-0.15, -0.1) is 5.10 Å². The molecular formula is C22H20F2N6O3. The average Bonchev–Trinajstić information content (AvgIpc) is 3.46. The molecule has 0 saturated heterocycles. The van der Waals surface area contributed by atoms with Crippen LogP contribution in [0.25, 0.3) is 10.9 Å². The number of amides is 2. The number of aromatic nitrogens is 4. The Bertz CT molecular complexity index is 1300. The molecule has 9 nitrogen and oxygen atoms in total. The van der Waals surface area contributed by atoms with Crippen molar-refractivity contribution in [3.05, 3.63) is 83.3 Å². The van der Waals surface area contributed by atoms with Crippen LogP contribution in [0.3, 0.4) is 0 Å². The Balaban J connectivity index is 1.48. The molecule has 0 fully saturated rings. The summed E-state index contributed by atoms with van der Waals surface area (Å²) >= 11 is 0. The molecule has 0 bridgehead atoms. The van der Waals surface area contributed by atoms with Gasteiger partial charge in [0.05, 0.1) is 25.2 Å². The van der Waals surface area contributed by atoms with Gasteiger partial charge in [-0.1, -0.05) is 23.4 Å². The predicted molar refractivity (Wildman–Crippen MR) is 113 cm³/mol. The van der Waals surface area contributed by atoms with Crippen LogP contribution in [0, 0.1) is 11.6 Å². The number of aromatic amines is 1. The highest BCUT2D eigenvalue weighted by Gasteiger charge is 2.20. The number of benzene rings is 2. The van der Waals surface area contributed by atoms with Gasteiger partial charge in [-0.2, -0.15) is 0 Å². The quantitative estimate of drug-likeness (QED) is 0.241. The Kier molecular flexibility index (Phi) is 6.41. The Morgan fingerprint density at radius 3 is 2.76 bits per heavy atom. The molecule has 4 N–H and O–H groups in total. The molecule has 170 valence electrons. The van der Waals surface area contributed by atoms with Crippen LogP contribution in [-0.2, 0) is 17.8 Å². The molecule has 4 rings (SSSR count). The van der Waals surface area contributed by atoms with Crippen LogP contribution in [0.5, 0.6) is 0 Å². The Morgan fingerprint density at radius 2 is 1.97 bits per heavy atom. The summed E-state index contributed by atoms with van der Waals surface area (Å²) in [5.41, 5.74) is 3.92. The van der Waals surface area contributed by atoms with Gasteiger partial charge in [0.1, 0.15) is 5.69 Å². The maximum absolute atomic E-state index is 13.3. The van der Waals surface area contributed by atoms with Crippen molar-refractivity contribution < 1.29 is 23.6 Å². The SMILES string of the molecule is O=C(C[C@@H](Cc1c[nH]c2ccccc12)n1cc(CNC(=O)c2ccc(F)c(F)c2)nn1)NO. The fraction of sp³-hybridized carbons (Fsp3) is 0.182. The van der Waals surface area contributed by atoms with Gasteiger partial charge < -0.3 is 10.3 Å². The Hall–Kier alpha value is -4.12. The molecule has 1 atom stereocenters. The molecule has 0 saturated carbocycles. The first-order chi connectivity index (χ1) is 15.9. The molecule has 2 aromatic heterocycles. The van der Waals surface area contributed by atoms with Crippen LogP contribution in [0.15, 0.2) is 54.9 Å². The molecule has 2 aromatic carbocycles. The molecule has 0 aliphatic carbocycles. The smallest absolute Gasteiger partial charge is 0.251 e. The number of fused-ring (bicyclic) bond motifs is 1. The summed E-state index contributed by atoms with van der Waals surface area (Å²) in [6.07, 6.45) is 3.81. The maximum Gasteiger partial charge on any atom is 0.251 e. The van der Waals surface area contributed by atoms with Crippen LogP contribution in [0.2, 0.25) is 0 Å². The van der Waals surface area contributed by atoms with E-state index in [-0.39, 0.29) is 18.5 Å². The third-order valence-corrected chi connectivity index (χ3v) is 5.22. The minimum atomic E-state index is -1.11. The first-order valence-corrected chi connectivity index (χ1v) is 10.1. The summed E-state index contributed by atoms with van der Waals surface area (Å²) in [6.45, 7) is -0.0101. The van der Waals surface area contributed by atoms with E-state index in [2.05, 4.69) is 20.6 Å². The molecule has 0 unspecified atom stereocenters. The zero-order valence-corrected chi connectivity index (χ0v) is 17.3. The van der Waals surface area contributed by atoms with Crippen LogP contribution >= 0.6 is 0 Å². The molecule has 0 radical (unpaired) electrons. The highest BCUT2D eigenvalue weighted by Crippen LogP contribution is 2.24. The van der Waals surface area contributed by atoms with Gasteiger partial charge in [-0.3, -0.25) is 14.8 Å². The van der Waals surface area contributed by atoms with E-state index in [1.165, 1.54) is 10.7 Å². The van der Waals surface area contributed by atoms with Crippen molar-refractivity contribution in [2.24, 2.45) is 0 Å². The predicted octanol–water partition coefficient (Wildman–Crippen LogP) is 2.65. The highest BCUT2D eigenvalue weighted by molar-refractivity contribution is 5.94. The Labute approximate surface area is 186 Å². The van der Waals surface area contributed by atoms with E-state index >= 15 is 0 Å².